The van der Waals surface area contributed by atoms with Crippen LogP contribution in [-0.2, 0) is 11.3 Å². The van der Waals surface area contributed by atoms with Gasteiger partial charge >= 0.3 is 0 Å². The van der Waals surface area contributed by atoms with E-state index in [1.165, 1.54) is 6.26 Å². The van der Waals surface area contributed by atoms with Crippen LogP contribution in [0.3, 0.4) is 0 Å². The number of hydrogen-bond acceptors (Lipinski definition) is 5. The third-order valence-electron chi connectivity index (χ3n) is 1.21. The summed E-state index contributed by atoms with van der Waals surface area (Å²) in [5, 5.41) is 3.51. The Morgan fingerprint density at radius 3 is 3.23 bits per heavy atom. The number of aromatic nitrogens is 1. The molecule has 0 saturated heterocycles. The minimum absolute atomic E-state index is 0.355. The highest BCUT2D eigenvalue weighted by atomic mass is 32.2. The van der Waals surface area contributed by atoms with Gasteiger partial charge in [-0.05, 0) is 11.6 Å². The summed E-state index contributed by atoms with van der Waals surface area (Å²) in [6.45, 7) is 0.755. The molecule has 0 spiro atoms. The molecule has 0 aromatic carbocycles. The molecule has 1 unspecified atom stereocenters. The fourth-order valence-electron chi connectivity index (χ4n) is 0.680. The van der Waals surface area contributed by atoms with E-state index in [1.807, 2.05) is 0 Å². The lowest BCUT2D eigenvalue weighted by Gasteiger charge is -2.06. The molecule has 0 amide bonds. The van der Waals surface area contributed by atoms with Crippen molar-refractivity contribution in [3.05, 3.63) is 12.3 Å². The Labute approximate surface area is 77.7 Å². The van der Waals surface area contributed by atoms with Crippen molar-refractivity contribution in [1.82, 2.24) is 9.88 Å². The smallest absolute Gasteiger partial charge is 0.253 e. The molecular formula is C6H9N2O4S-. The zero-order chi connectivity index (χ0) is 9.52. The van der Waals surface area contributed by atoms with Gasteiger partial charge in [0, 0.05) is 23.9 Å². The van der Waals surface area contributed by atoms with Crippen LogP contribution in [0, 0.1) is 0 Å². The first-order valence-corrected chi connectivity index (χ1v) is 4.72. The first kappa shape index (κ1) is 10.2. The Balaban J connectivity index is 1.99. The molecule has 1 N–H and O–H groups in total. The number of rotatable bonds is 6. The largest absolute Gasteiger partial charge is 0.760 e. The fourth-order valence-corrected chi connectivity index (χ4v) is 0.991. The highest BCUT2D eigenvalue weighted by molar-refractivity contribution is 7.77. The maximum absolute atomic E-state index is 10.0. The molecule has 13 heavy (non-hydrogen) atoms. The highest BCUT2D eigenvalue weighted by Gasteiger charge is 1.95. The fraction of sp³-hybridized carbons (Fsp3) is 0.500. The summed E-state index contributed by atoms with van der Waals surface area (Å²) in [6.07, 6.45) is 1.99. The summed E-state index contributed by atoms with van der Waals surface area (Å²) < 4.78 is 31.8. The topological polar surface area (TPSA) is 87.4 Å². The number of ether oxygens (including phenoxy) is 1. The monoisotopic (exact) mass is 205 g/mol. The standard InChI is InChI=1S/C6H10N2O4S/c9-13(10)7-3-1-4-11-6-2-5-12-8-6/h2,5,7H,1,3-4H2,(H,9,10)/p-1. The molecule has 0 aliphatic heterocycles. The second kappa shape index (κ2) is 5.68. The molecule has 0 fully saturated rings. The van der Waals surface area contributed by atoms with Crippen LogP contribution in [0.15, 0.2) is 16.9 Å². The van der Waals surface area contributed by atoms with Gasteiger partial charge in [0.05, 0.1) is 6.61 Å². The minimum Gasteiger partial charge on any atom is -0.760 e. The number of nitrogens with zero attached hydrogens (tertiary/aromatic N) is 1. The van der Waals surface area contributed by atoms with Crippen molar-refractivity contribution in [2.45, 2.75) is 6.42 Å². The third-order valence-corrected chi connectivity index (χ3v) is 1.64. The van der Waals surface area contributed by atoms with Gasteiger partial charge < -0.3 is 13.8 Å². The Morgan fingerprint density at radius 1 is 1.77 bits per heavy atom. The summed E-state index contributed by atoms with van der Waals surface area (Å²) in [5.41, 5.74) is 0. The molecule has 1 aromatic heterocycles. The predicted octanol–water partition coefficient (Wildman–Crippen LogP) is -0.173. The van der Waals surface area contributed by atoms with Crippen LogP contribution >= 0.6 is 0 Å². The van der Waals surface area contributed by atoms with Crippen LogP contribution in [0.5, 0.6) is 5.88 Å². The minimum atomic E-state index is -2.20. The molecule has 6 nitrogen and oxygen atoms in total. The molecule has 74 valence electrons. The van der Waals surface area contributed by atoms with Crippen LogP contribution in [0.4, 0.5) is 0 Å². The first-order chi connectivity index (χ1) is 6.29. The average molecular weight is 205 g/mol. The molecule has 1 atom stereocenters. The van der Waals surface area contributed by atoms with Crippen molar-refractivity contribution in [2.75, 3.05) is 13.2 Å². The molecule has 0 aliphatic rings. The van der Waals surface area contributed by atoms with Crippen molar-refractivity contribution in [2.24, 2.45) is 0 Å². The Morgan fingerprint density at radius 2 is 2.62 bits per heavy atom. The van der Waals surface area contributed by atoms with E-state index >= 15 is 0 Å². The lowest BCUT2D eigenvalue weighted by Crippen LogP contribution is -2.19. The molecule has 0 aliphatic carbocycles. The van der Waals surface area contributed by atoms with E-state index in [0.29, 0.717) is 25.5 Å². The summed E-state index contributed by atoms with van der Waals surface area (Å²) in [7, 11) is 0. The predicted molar refractivity (Wildman–Crippen MR) is 43.5 cm³/mol. The maximum atomic E-state index is 10.0. The molecule has 0 radical (unpaired) electrons. The van der Waals surface area contributed by atoms with Crippen LogP contribution in [0.1, 0.15) is 6.42 Å². The van der Waals surface area contributed by atoms with E-state index in [2.05, 4.69) is 14.4 Å². The van der Waals surface area contributed by atoms with Gasteiger partial charge in [0.2, 0.25) is 0 Å². The van der Waals surface area contributed by atoms with E-state index in [-0.39, 0.29) is 0 Å². The van der Waals surface area contributed by atoms with Crippen LogP contribution in [0.25, 0.3) is 0 Å². The highest BCUT2D eigenvalue weighted by Crippen LogP contribution is 2.03. The van der Waals surface area contributed by atoms with Gasteiger partial charge in [0.1, 0.15) is 6.26 Å². The van der Waals surface area contributed by atoms with Gasteiger partial charge in [-0.15, -0.1) is 0 Å². The SMILES string of the molecule is O=S([O-])NCCCOc1ccon1. The molecule has 7 heteroatoms. The molecule has 0 saturated carbocycles. The van der Waals surface area contributed by atoms with E-state index in [1.54, 1.807) is 6.07 Å². The van der Waals surface area contributed by atoms with Crippen molar-refractivity contribution >= 4 is 11.3 Å². The van der Waals surface area contributed by atoms with Gasteiger partial charge in [-0.25, -0.2) is 4.72 Å². The van der Waals surface area contributed by atoms with Crippen molar-refractivity contribution in [3.63, 3.8) is 0 Å². The first-order valence-electron chi connectivity index (χ1n) is 3.65. The molecule has 0 bridgehead atoms. The number of hydrogen-bond donors (Lipinski definition) is 1. The number of nitrogens with one attached hydrogen (secondary N) is 1. The van der Waals surface area contributed by atoms with Gasteiger partial charge in [0.25, 0.3) is 5.88 Å². The lowest BCUT2D eigenvalue weighted by molar-refractivity contribution is 0.275. The second-order valence-corrected chi connectivity index (χ2v) is 2.93. The van der Waals surface area contributed by atoms with Gasteiger partial charge in [0.15, 0.2) is 0 Å². The molecule has 1 rings (SSSR count). The van der Waals surface area contributed by atoms with Crippen LogP contribution in [0.2, 0.25) is 0 Å². The average Bonchev–Trinajstić information content (AvgIpc) is 2.55. The summed E-state index contributed by atoms with van der Waals surface area (Å²) in [5.74, 6) is 0.406. The third kappa shape index (κ3) is 4.61. The van der Waals surface area contributed by atoms with Crippen molar-refractivity contribution in [3.8, 4) is 5.88 Å². The molecule has 1 aromatic rings. The maximum Gasteiger partial charge on any atom is 0.253 e. The summed E-state index contributed by atoms with van der Waals surface area (Å²) in [4.78, 5) is 0. The quantitative estimate of drug-likeness (QED) is 0.514. The van der Waals surface area contributed by atoms with Crippen molar-refractivity contribution in [1.29, 1.82) is 0 Å². The Bertz CT molecular complexity index is 251. The van der Waals surface area contributed by atoms with Crippen LogP contribution in [-0.4, -0.2) is 27.1 Å². The van der Waals surface area contributed by atoms with E-state index in [4.69, 9.17) is 4.74 Å². The van der Waals surface area contributed by atoms with E-state index < -0.39 is 11.3 Å². The summed E-state index contributed by atoms with van der Waals surface area (Å²) in [6, 6.07) is 1.58. The zero-order valence-electron chi connectivity index (χ0n) is 6.76. The van der Waals surface area contributed by atoms with Crippen molar-refractivity contribution < 1.29 is 18.0 Å². The summed E-state index contributed by atoms with van der Waals surface area (Å²) >= 11 is -2.20. The zero-order valence-corrected chi connectivity index (χ0v) is 7.58. The molecule has 1 heterocycles. The van der Waals surface area contributed by atoms with Gasteiger partial charge in [-0.1, -0.05) is 0 Å². The molecular weight excluding hydrogens is 196 g/mol. The van der Waals surface area contributed by atoms with E-state index in [0.717, 1.165) is 0 Å². The van der Waals surface area contributed by atoms with Crippen LogP contribution < -0.4 is 9.46 Å². The lowest BCUT2D eigenvalue weighted by atomic mass is 10.5. The normalized spacial score (nSPS) is 12.7. The Hall–Kier alpha value is -0.920. The second-order valence-electron chi connectivity index (χ2n) is 2.17. The Kier molecular flexibility index (Phi) is 4.44. The van der Waals surface area contributed by atoms with Gasteiger partial charge in [-0.3, -0.25) is 4.21 Å². The van der Waals surface area contributed by atoms with Gasteiger partial charge in [-0.2, -0.15) is 0 Å². The van der Waals surface area contributed by atoms with E-state index in [9.17, 15) is 8.76 Å².